The fraction of sp³-hybridized carbons (Fsp3) is 0.538. The van der Waals surface area contributed by atoms with E-state index < -0.39 is 6.10 Å². The van der Waals surface area contributed by atoms with Crippen LogP contribution in [0.1, 0.15) is 24.1 Å². The van der Waals surface area contributed by atoms with Gasteiger partial charge in [-0.1, -0.05) is 29.8 Å². The molecule has 0 saturated heterocycles. The fourth-order valence-electron chi connectivity index (χ4n) is 1.54. The molecule has 2 unspecified atom stereocenters. The Hall–Kier alpha value is -0.900. The first kappa shape index (κ1) is 13.2. The second-order valence-corrected chi connectivity index (χ2v) is 4.15. The number of hydrogen-bond donors (Lipinski definition) is 2. The highest BCUT2D eigenvalue weighted by Gasteiger charge is 2.07. The van der Waals surface area contributed by atoms with Crippen molar-refractivity contribution in [2.75, 3.05) is 20.3 Å². The van der Waals surface area contributed by atoms with Crippen LogP contribution in [0.15, 0.2) is 24.3 Å². The van der Waals surface area contributed by atoms with Crippen molar-refractivity contribution >= 4 is 0 Å². The molecule has 1 aromatic carbocycles. The molecule has 1 rings (SSSR count). The zero-order valence-corrected chi connectivity index (χ0v) is 10.2. The molecule has 0 spiro atoms. The number of ether oxygens (including phenoxy) is 1. The van der Waals surface area contributed by atoms with Gasteiger partial charge in [0.25, 0.3) is 0 Å². The highest BCUT2D eigenvalue weighted by Crippen LogP contribution is 2.12. The van der Waals surface area contributed by atoms with Gasteiger partial charge in [-0.3, -0.25) is 0 Å². The summed E-state index contributed by atoms with van der Waals surface area (Å²) in [6, 6.07) is 8.65. The third-order valence-electron chi connectivity index (χ3n) is 2.60. The Balaban J connectivity index is 2.40. The number of rotatable bonds is 6. The van der Waals surface area contributed by atoms with Gasteiger partial charge < -0.3 is 15.2 Å². The number of aliphatic hydroxyl groups excluding tert-OH is 1. The van der Waals surface area contributed by atoms with E-state index in [1.807, 2.05) is 0 Å². The summed E-state index contributed by atoms with van der Waals surface area (Å²) in [5, 5.41) is 12.8. The number of aliphatic hydroxyl groups is 1. The summed E-state index contributed by atoms with van der Waals surface area (Å²) in [5.74, 6) is 0. The zero-order chi connectivity index (χ0) is 12.0. The van der Waals surface area contributed by atoms with E-state index >= 15 is 0 Å². The van der Waals surface area contributed by atoms with Gasteiger partial charge in [0, 0.05) is 19.7 Å². The van der Waals surface area contributed by atoms with E-state index in [1.165, 1.54) is 11.1 Å². The lowest BCUT2D eigenvalue weighted by molar-refractivity contribution is 0.0630. The molecule has 0 bridgehead atoms. The Morgan fingerprint density at radius 3 is 2.50 bits per heavy atom. The van der Waals surface area contributed by atoms with Crippen molar-refractivity contribution in [3.8, 4) is 0 Å². The quantitative estimate of drug-likeness (QED) is 0.770. The molecule has 1 aromatic rings. The molecule has 2 N–H and O–H groups in total. The van der Waals surface area contributed by atoms with Crippen molar-refractivity contribution in [3.63, 3.8) is 0 Å². The molecule has 0 aliphatic rings. The number of benzene rings is 1. The van der Waals surface area contributed by atoms with Crippen molar-refractivity contribution in [1.82, 2.24) is 5.32 Å². The first-order valence-electron chi connectivity index (χ1n) is 5.60. The molecule has 0 aliphatic heterocycles. The summed E-state index contributed by atoms with van der Waals surface area (Å²) >= 11 is 0. The molecule has 3 heteroatoms. The molecule has 0 amide bonds. The maximum absolute atomic E-state index is 9.50. The van der Waals surface area contributed by atoms with Crippen LogP contribution in [0.25, 0.3) is 0 Å². The Bertz CT molecular complexity index is 297. The molecular formula is C13H21NO2. The Labute approximate surface area is 97.4 Å². The summed E-state index contributed by atoms with van der Waals surface area (Å²) in [7, 11) is 1.59. The van der Waals surface area contributed by atoms with E-state index in [2.05, 4.69) is 43.4 Å². The number of hydrogen-bond acceptors (Lipinski definition) is 3. The molecule has 2 atom stereocenters. The highest BCUT2D eigenvalue weighted by atomic mass is 16.5. The Morgan fingerprint density at radius 2 is 1.94 bits per heavy atom. The van der Waals surface area contributed by atoms with Gasteiger partial charge >= 0.3 is 0 Å². The van der Waals surface area contributed by atoms with Crippen LogP contribution in [0.5, 0.6) is 0 Å². The van der Waals surface area contributed by atoms with Gasteiger partial charge in [-0.15, -0.1) is 0 Å². The number of nitrogens with one attached hydrogen (secondary N) is 1. The first-order valence-corrected chi connectivity index (χ1v) is 5.60. The van der Waals surface area contributed by atoms with E-state index in [1.54, 1.807) is 7.11 Å². The highest BCUT2D eigenvalue weighted by molar-refractivity contribution is 5.23. The van der Waals surface area contributed by atoms with Gasteiger partial charge in [-0.2, -0.15) is 0 Å². The van der Waals surface area contributed by atoms with Gasteiger partial charge in [-0.25, -0.2) is 0 Å². The molecule has 0 heterocycles. The monoisotopic (exact) mass is 223 g/mol. The summed E-state index contributed by atoms with van der Waals surface area (Å²) in [6.45, 7) is 5.07. The van der Waals surface area contributed by atoms with Crippen molar-refractivity contribution in [2.24, 2.45) is 0 Å². The summed E-state index contributed by atoms with van der Waals surface area (Å²) in [4.78, 5) is 0. The smallest absolute Gasteiger partial charge is 0.0897 e. The minimum Gasteiger partial charge on any atom is -0.389 e. The average Bonchev–Trinajstić information content (AvgIpc) is 2.27. The Morgan fingerprint density at radius 1 is 1.31 bits per heavy atom. The van der Waals surface area contributed by atoms with E-state index in [0.29, 0.717) is 13.2 Å². The van der Waals surface area contributed by atoms with Gasteiger partial charge in [0.05, 0.1) is 12.7 Å². The Kier molecular flexibility index (Phi) is 5.46. The van der Waals surface area contributed by atoms with Crippen LogP contribution in [0.3, 0.4) is 0 Å². The van der Waals surface area contributed by atoms with Crippen LogP contribution in [0.4, 0.5) is 0 Å². The topological polar surface area (TPSA) is 41.5 Å². The van der Waals surface area contributed by atoms with Gasteiger partial charge in [0.1, 0.15) is 0 Å². The number of methoxy groups -OCH3 is 1. The summed E-state index contributed by atoms with van der Waals surface area (Å²) < 4.78 is 4.87. The second kappa shape index (κ2) is 6.63. The number of aryl methyl sites for hydroxylation is 1. The van der Waals surface area contributed by atoms with Gasteiger partial charge in [0.15, 0.2) is 0 Å². The summed E-state index contributed by atoms with van der Waals surface area (Å²) in [5.41, 5.74) is 2.49. The van der Waals surface area contributed by atoms with Crippen molar-refractivity contribution < 1.29 is 9.84 Å². The average molecular weight is 223 g/mol. The van der Waals surface area contributed by atoms with E-state index in [9.17, 15) is 5.11 Å². The molecule has 0 radical (unpaired) electrons. The second-order valence-electron chi connectivity index (χ2n) is 4.15. The lowest BCUT2D eigenvalue weighted by Gasteiger charge is -2.17. The predicted molar refractivity (Wildman–Crippen MR) is 65.5 cm³/mol. The largest absolute Gasteiger partial charge is 0.389 e. The van der Waals surface area contributed by atoms with E-state index in [4.69, 9.17) is 4.74 Å². The van der Waals surface area contributed by atoms with E-state index in [-0.39, 0.29) is 6.04 Å². The normalized spacial score (nSPS) is 14.8. The van der Waals surface area contributed by atoms with Crippen molar-refractivity contribution in [2.45, 2.75) is 26.0 Å². The minimum atomic E-state index is -0.446. The molecule has 0 fully saturated rings. The lowest BCUT2D eigenvalue weighted by atomic mass is 10.1. The van der Waals surface area contributed by atoms with Crippen LogP contribution < -0.4 is 5.32 Å². The van der Waals surface area contributed by atoms with Gasteiger partial charge in [-0.05, 0) is 19.4 Å². The first-order chi connectivity index (χ1) is 7.63. The van der Waals surface area contributed by atoms with Crippen molar-refractivity contribution in [3.05, 3.63) is 35.4 Å². The molecule has 16 heavy (non-hydrogen) atoms. The van der Waals surface area contributed by atoms with Crippen LogP contribution >= 0.6 is 0 Å². The summed E-state index contributed by atoms with van der Waals surface area (Å²) in [6.07, 6.45) is -0.446. The molecule has 0 saturated carbocycles. The maximum atomic E-state index is 9.50. The standard InChI is InChI=1S/C13H21NO2/c1-10-4-6-12(7-5-10)11(2)14-8-13(15)9-16-3/h4-7,11,13-15H,8-9H2,1-3H3. The SMILES string of the molecule is COCC(O)CNC(C)c1ccc(C)cc1. The molecular weight excluding hydrogens is 202 g/mol. The third-order valence-corrected chi connectivity index (χ3v) is 2.60. The minimum absolute atomic E-state index is 0.243. The molecule has 3 nitrogen and oxygen atoms in total. The van der Waals surface area contributed by atoms with Crippen molar-refractivity contribution in [1.29, 1.82) is 0 Å². The lowest BCUT2D eigenvalue weighted by Crippen LogP contribution is -2.31. The third kappa shape index (κ3) is 4.31. The van der Waals surface area contributed by atoms with Crippen LogP contribution in [0, 0.1) is 6.92 Å². The maximum Gasteiger partial charge on any atom is 0.0897 e. The van der Waals surface area contributed by atoms with Crippen LogP contribution in [0.2, 0.25) is 0 Å². The predicted octanol–water partition coefficient (Wildman–Crippen LogP) is 1.65. The fourth-order valence-corrected chi connectivity index (χ4v) is 1.54. The zero-order valence-electron chi connectivity index (χ0n) is 10.2. The molecule has 90 valence electrons. The van der Waals surface area contributed by atoms with Crippen LogP contribution in [-0.2, 0) is 4.74 Å². The van der Waals surface area contributed by atoms with E-state index in [0.717, 1.165) is 0 Å². The van der Waals surface area contributed by atoms with Crippen LogP contribution in [-0.4, -0.2) is 31.5 Å². The van der Waals surface area contributed by atoms with Gasteiger partial charge in [0.2, 0.25) is 0 Å². The molecule has 0 aliphatic carbocycles. The molecule has 0 aromatic heterocycles.